The summed E-state index contributed by atoms with van der Waals surface area (Å²) in [5.74, 6) is 0. The Bertz CT molecular complexity index is 394. The van der Waals surface area contributed by atoms with E-state index in [9.17, 15) is 10.1 Å². The number of aryl methyl sites for hydroxylation is 1. The largest absolute Gasteiger partial charge is 0.385 e. The number of hydrogen-bond acceptors (Lipinski definition) is 4. The quantitative estimate of drug-likeness (QED) is 0.438. The average molecular weight is 252 g/mol. The molecule has 5 nitrogen and oxygen atoms in total. The molecule has 1 aromatic rings. The van der Waals surface area contributed by atoms with Crippen molar-refractivity contribution in [1.82, 2.24) is 0 Å². The van der Waals surface area contributed by atoms with E-state index < -0.39 is 0 Å². The minimum atomic E-state index is -0.354. The number of nitrogens with one attached hydrogen (secondary N) is 1. The Morgan fingerprint density at radius 3 is 2.78 bits per heavy atom. The number of ether oxygens (including phenoxy) is 1. The zero-order chi connectivity index (χ0) is 13.4. The van der Waals surface area contributed by atoms with Crippen LogP contribution in [0.1, 0.15) is 24.8 Å². The van der Waals surface area contributed by atoms with Crippen molar-refractivity contribution in [3.05, 3.63) is 33.9 Å². The number of methoxy groups -OCH3 is 1. The Labute approximate surface area is 107 Å². The number of nitro groups is 1. The third-order valence-electron chi connectivity index (χ3n) is 2.69. The summed E-state index contributed by atoms with van der Waals surface area (Å²) in [4.78, 5) is 10.5. The van der Waals surface area contributed by atoms with Gasteiger partial charge in [0.25, 0.3) is 5.69 Å². The summed E-state index contributed by atoms with van der Waals surface area (Å²) < 4.78 is 4.96. The molecule has 0 aromatic heterocycles. The molecule has 0 saturated heterocycles. The van der Waals surface area contributed by atoms with Crippen LogP contribution in [0.3, 0.4) is 0 Å². The number of anilines is 1. The van der Waals surface area contributed by atoms with Crippen LogP contribution in [0.5, 0.6) is 0 Å². The zero-order valence-electron chi connectivity index (χ0n) is 10.9. The maximum absolute atomic E-state index is 10.9. The number of rotatable bonds is 8. The zero-order valence-corrected chi connectivity index (χ0v) is 10.9. The molecular weight excluding hydrogens is 232 g/mol. The van der Waals surface area contributed by atoms with Gasteiger partial charge in [-0.1, -0.05) is 6.07 Å². The van der Waals surface area contributed by atoms with Gasteiger partial charge in [0.15, 0.2) is 0 Å². The van der Waals surface area contributed by atoms with Crippen LogP contribution < -0.4 is 5.32 Å². The Hall–Kier alpha value is -1.62. The molecule has 1 aromatic carbocycles. The third-order valence-corrected chi connectivity index (χ3v) is 2.69. The molecule has 0 heterocycles. The summed E-state index contributed by atoms with van der Waals surface area (Å²) in [6.07, 6.45) is 3.06. The summed E-state index contributed by atoms with van der Waals surface area (Å²) in [5, 5.41) is 14.0. The van der Waals surface area contributed by atoms with Crippen LogP contribution in [0, 0.1) is 17.0 Å². The third kappa shape index (κ3) is 4.71. The van der Waals surface area contributed by atoms with E-state index in [4.69, 9.17) is 4.74 Å². The van der Waals surface area contributed by atoms with Crippen molar-refractivity contribution < 1.29 is 9.66 Å². The van der Waals surface area contributed by atoms with Gasteiger partial charge < -0.3 is 10.1 Å². The molecule has 0 saturated carbocycles. The molecule has 0 fully saturated rings. The number of unbranched alkanes of at least 4 members (excludes halogenated alkanes) is 2. The lowest BCUT2D eigenvalue weighted by atomic mass is 10.2. The van der Waals surface area contributed by atoms with Crippen LogP contribution in [0.15, 0.2) is 18.2 Å². The van der Waals surface area contributed by atoms with Crippen molar-refractivity contribution in [3.63, 3.8) is 0 Å². The van der Waals surface area contributed by atoms with Gasteiger partial charge in [0.2, 0.25) is 0 Å². The summed E-state index contributed by atoms with van der Waals surface area (Å²) in [6.45, 7) is 3.44. The van der Waals surface area contributed by atoms with Crippen LogP contribution in [-0.2, 0) is 4.74 Å². The second kappa shape index (κ2) is 7.66. The van der Waals surface area contributed by atoms with E-state index in [1.807, 2.05) is 13.0 Å². The van der Waals surface area contributed by atoms with Gasteiger partial charge in [0, 0.05) is 26.3 Å². The predicted molar refractivity (Wildman–Crippen MR) is 72.1 cm³/mol. The van der Waals surface area contributed by atoms with Gasteiger partial charge in [-0.15, -0.1) is 0 Å². The van der Waals surface area contributed by atoms with Gasteiger partial charge in [-0.3, -0.25) is 10.1 Å². The Kier molecular flexibility index (Phi) is 6.14. The van der Waals surface area contributed by atoms with Gasteiger partial charge >= 0.3 is 0 Å². The van der Waals surface area contributed by atoms with E-state index in [-0.39, 0.29) is 10.6 Å². The standard InChI is InChI=1S/C13H20N2O3/c1-11-6-7-13(15(16)17)12(10-11)14-8-4-3-5-9-18-2/h6-7,10,14H,3-5,8-9H2,1-2H3. The van der Waals surface area contributed by atoms with Crippen molar-refractivity contribution in [1.29, 1.82) is 0 Å². The minimum absolute atomic E-state index is 0.137. The molecule has 0 aliphatic carbocycles. The second-order valence-corrected chi connectivity index (χ2v) is 4.26. The number of nitro benzene ring substituents is 1. The highest BCUT2D eigenvalue weighted by Gasteiger charge is 2.12. The monoisotopic (exact) mass is 252 g/mol. The molecule has 0 unspecified atom stereocenters. The van der Waals surface area contributed by atoms with Crippen LogP contribution in [0.4, 0.5) is 11.4 Å². The van der Waals surface area contributed by atoms with E-state index in [0.717, 1.165) is 38.0 Å². The molecule has 0 aliphatic heterocycles. The normalized spacial score (nSPS) is 10.3. The fourth-order valence-corrected chi connectivity index (χ4v) is 1.72. The van der Waals surface area contributed by atoms with E-state index in [2.05, 4.69) is 5.32 Å². The van der Waals surface area contributed by atoms with Crippen LogP contribution in [0.25, 0.3) is 0 Å². The van der Waals surface area contributed by atoms with E-state index in [1.165, 1.54) is 0 Å². The number of benzene rings is 1. The lowest BCUT2D eigenvalue weighted by Crippen LogP contribution is -2.05. The van der Waals surface area contributed by atoms with Crippen LogP contribution in [0.2, 0.25) is 0 Å². The van der Waals surface area contributed by atoms with Crippen molar-refractivity contribution in [2.45, 2.75) is 26.2 Å². The summed E-state index contributed by atoms with van der Waals surface area (Å²) in [5.41, 5.74) is 1.76. The molecule has 18 heavy (non-hydrogen) atoms. The second-order valence-electron chi connectivity index (χ2n) is 4.26. The smallest absolute Gasteiger partial charge is 0.292 e. The summed E-state index contributed by atoms with van der Waals surface area (Å²) in [7, 11) is 1.69. The molecule has 0 atom stereocenters. The first-order chi connectivity index (χ1) is 8.65. The Balaban J connectivity index is 2.45. The number of nitrogens with zero attached hydrogens (tertiary/aromatic N) is 1. The molecule has 1 N–H and O–H groups in total. The summed E-state index contributed by atoms with van der Waals surface area (Å²) in [6, 6.07) is 5.11. The molecule has 0 aliphatic rings. The molecule has 0 amide bonds. The van der Waals surface area contributed by atoms with Gasteiger partial charge in [0.05, 0.1) is 4.92 Å². The first kappa shape index (κ1) is 14.4. The number of hydrogen-bond donors (Lipinski definition) is 1. The topological polar surface area (TPSA) is 64.4 Å². The SMILES string of the molecule is COCCCCCNc1cc(C)ccc1[N+](=O)[O-]. The molecular formula is C13H20N2O3. The van der Waals surface area contributed by atoms with E-state index in [0.29, 0.717) is 5.69 Å². The van der Waals surface area contributed by atoms with Gasteiger partial charge in [-0.25, -0.2) is 0 Å². The van der Waals surface area contributed by atoms with Crippen molar-refractivity contribution in [2.75, 3.05) is 25.6 Å². The highest BCUT2D eigenvalue weighted by atomic mass is 16.6. The fourth-order valence-electron chi connectivity index (χ4n) is 1.72. The first-order valence-corrected chi connectivity index (χ1v) is 6.13. The molecule has 0 radical (unpaired) electrons. The maximum atomic E-state index is 10.9. The highest BCUT2D eigenvalue weighted by Crippen LogP contribution is 2.25. The summed E-state index contributed by atoms with van der Waals surface area (Å²) >= 11 is 0. The van der Waals surface area contributed by atoms with Gasteiger partial charge in [-0.05, 0) is 37.8 Å². The van der Waals surface area contributed by atoms with Crippen molar-refractivity contribution >= 4 is 11.4 Å². The van der Waals surface area contributed by atoms with E-state index in [1.54, 1.807) is 19.2 Å². The van der Waals surface area contributed by atoms with Gasteiger partial charge in [-0.2, -0.15) is 0 Å². The minimum Gasteiger partial charge on any atom is -0.385 e. The van der Waals surface area contributed by atoms with Crippen molar-refractivity contribution in [2.24, 2.45) is 0 Å². The van der Waals surface area contributed by atoms with Gasteiger partial charge in [0.1, 0.15) is 5.69 Å². The van der Waals surface area contributed by atoms with E-state index >= 15 is 0 Å². The Morgan fingerprint density at radius 2 is 2.11 bits per heavy atom. The van der Waals surface area contributed by atoms with Crippen LogP contribution in [-0.4, -0.2) is 25.2 Å². The lowest BCUT2D eigenvalue weighted by Gasteiger charge is -2.07. The fraction of sp³-hybridized carbons (Fsp3) is 0.538. The Morgan fingerprint density at radius 1 is 1.33 bits per heavy atom. The molecule has 1 rings (SSSR count). The first-order valence-electron chi connectivity index (χ1n) is 6.13. The average Bonchev–Trinajstić information content (AvgIpc) is 2.33. The lowest BCUT2D eigenvalue weighted by molar-refractivity contribution is -0.384. The molecule has 100 valence electrons. The predicted octanol–water partition coefficient (Wildman–Crippen LogP) is 3.13. The molecule has 0 bridgehead atoms. The molecule has 0 spiro atoms. The molecule has 5 heteroatoms. The van der Waals surface area contributed by atoms with Crippen LogP contribution >= 0.6 is 0 Å². The van der Waals surface area contributed by atoms with Crippen molar-refractivity contribution in [3.8, 4) is 0 Å². The maximum Gasteiger partial charge on any atom is 0.292 e. The highest BCUT2D eigenvalue weighted by molar-refractivity contribution is 5.62.